The van der Waals surface area contributed by atoms with Gasteiger partial charge in [-0.2, -0.15) is 0 Å². The van der Waals surface area contributed by atoms with Gasteiger partial charge in [0.15, 0.2) is 0 Å². The number of amides is 2. The van der Waals surface area contributed by atoms with Crippen molar-refractivity contribution in [1.29, 1.82) is 0 Å². The highest BCUT2D eigenvalue weighted by Gasteiger charge is 2.20. The number of nitrogens with one attached hydrogen (secondary N) is 1. The summed E-state index contributed by atoms with van der Waals surface area (Å²) in [4.78, 5) is 19.5. The fraction of sp³-hybridized carbons (Fsp3) is 0.389. The lowest BCUT2D eigenvalue weighted by atomic mass is 10.1. The number of aromatic nitrogens is 1. The minimum Gasteiger partial charge on any atom is -0.391 e. The van der Waals surface area contributed by atoms with Crippen LogP contribution in [0.25, 0.3) is 0 Å². The second kappa shape index (κ2) is 7.83. The number of carbonyl (C=O) groups excluding carboxylic acids is 1. The summed E-state index contributed by atoms with van der Waals surface area (Å²) in [7, 11) is 0. The topological polar surface area (TPSA) is 80.0 Å². The Hall–Kier alpha value is -2.83. The number of anilines is 1. The first-order chi connectivity index (χ1) is 12.1. The number of para-hydroxylation sites is 1. The number of hydrogen-bond acceptors (Lipinski definition) is 5. The van der Waals surface area contributed by atoms with Gasteiger partial charge in [-0.1, -0.05) is 28.5 Å². The summed E-state index contributed by atoms with van der Waals surface area (Å²) in [5, 5.41) is 11.0. The summed E-state index contributed by atoms with van der Waals surface area (Å²) in [6.07, 6.45) is 1.42. The Kier molecular flexibility index (Phi) is 5.33. The van der Waals surface area contributed by atoms with Crippen molar-refractivity contribution in [3.63, 3.8) is 0 Å². The Morgan fingerprint density at radius 3 is 2.64 bits per heavy atom. The van der Waals surface area contributed by atoms with E-state index >= 15 is 0 Å². The molecule has 2 aromatic rings. The summed E-state index contributed by atoms with van der Waals surface area (Å²) < 4.78 is 5.10. The van der Waals surface area contributed by atoms with Gasteiger partial charge in [-0.25, -0.2) is 4.79 Å². The second-order valence-corrected chi connectivity index (χ2v) is 6.02. The SMILES string of the molecule is Cc1noc(C)c1CON=C1CCN(C(=O)Nc2ccccc2)CC1. The summed E-state index contributed by atoms with van der Waals surface area (Å²) in [6.45, 7) is 5.35. The molecular formula is C18H22N4O3. The van der Waals surface area contributed by atoms with Gasteiger partial charge >= 0.3 is 6.03 Å². The molecule has 1 saturated heterocycles. The molecule has 0 bridgehead atoms. The molecule has 7 heteroatoms. The van der Waals surface area contributed by atoms with E-state index in [9.17, 15) is 4.79 Å². The van der Waals surface area contributed by atoms with Crippen LogP contribution in [0.4, 0.5) is 10.5 Å². The highest BCUT2D eigenvalue weighted by Crippen LogP contribution is 2.15. The van der Waals surface area contributed by atoms with Crippen LogP contribution in [0.2, 0.25) is 0 Å². The molecule has 25 heavy (non-hydrogen) atoms. The van der Waals surface area contributed by atoms with E-state index in [1.54, 1.807) is 4.90 Å². The van der Waals surface area contributed by atoms with Gasteiger partial charge in [0.05, 0.1) is 17.0 Å². The van der Waals surface area contributed by atoms with Crippen molar-refractivity contribution in [2.45, 2.75) is 33.3 Å². The summed E-state index contributed by atoms with van der Waals surface area (Å²) in [5.41, 5.74) is 3.53. The number of urea groups is 1. The molecule has 2 amide bonds. The lowest BCUT2D eigenvalue weighted by molar-refractivity contribution is 0.126. The Balaban J connectivity index is 1.46. The summed E-state index contributed by atoms with van der Waals surface area (Å²) in [5.74, 6) is 0.755. The predicted molar refractivity (Wildman–Crippen MR) is 94.5 cm³/mol. The van der Waals surface area contributed by atoms with Gasteiger partial charge in [-0.3, -0.25) is 0 Å². The van der Waals surface area contributed by atoms with Crippen molar-refractivity contribution < 1.29 is 14.2 Å². The Morgan fingerprint density at radius 2 is 2.00 bits per heavy atom. The van der Waals surface area contributed by atoms with Gasteiger partial charge < -0.3 is 19.6 Å². The first kappa shape index (κ1) is 17.0. The van der Waals surface area contributed by atoms with E-state index in [0.29, 0.717) is 32.5 Å². The van der Waals surface area contributed by atoms with Gasteiger partial charge in [-0.05, 0) is 26.0 Å². The number of nitrogens with zero attached hydrogens (tertiary/aromatic N) is 3. The largest absolute Gasteiger partial charge is 0.391 e. The van der Waals surface area contributed by atoms with Crippen molar-refractivity contribution in [1.82, 2.24) is 10.1 Å². The van der Waals surface area contributed by atoms with E-state index in [4.69, 9.17) is 9.36 Å². The molecule has 0 spiro atoms. The summed E-state index contributed by atoms with van der Waals surface area (Å²) >= 11 is 0. The minimum atomic E-state index is -0.0816. The van der Waals surface area contributed by atoms with Gasteiger partial charge in [-0.15, -0.1) is 0 Å². The average molecular weight is 342 g/mol. The smallest absolute Gasteiger partial charge is 0.321 e. The van der Waals surface area contributed by atoms with E-state index in [0.717, 1.165) is 28.4 Å². The predicted octanol–water partition coefficient (Wildman–Crippen LogP) is 3.49. The van der Waals surface area contributed by atoms with Crippen LogP contribution in [0.5, 0.6) is 0 Å². The zero-order valence-corrected chi connectivity index (χ0v) is 14.5. The molecular weight excluding hydrogens is 320 g/mol. The average Bonchev–Trinajstić information content (AvgIpc) is 2.95. The Labute approximate surface area is 146 Å². The second-order valence-electron chi connectivity index (χ2n) is 6.02. The van der Waals surface area contributed by atoms with E-state index in [1.165, 1.54) is 0 Å². The van der Waals surface area contributed by atoms with Crippen molar-refractivity contribution in [3.05, 3.63) is 47.3 Å². The number of likely N-dealkylation sites (tertiary alicyclic amines) is 1. The molecule has 1 aromatic heterocycles. The van der Waals surface area contributed by atoms with E-state index < -0.39 is 0 Å². The normalized spacial score (nSPS) is 14.3. The zero-order valence-electron chi connectivity index (χ0n) is 14.5. The fourth-order valence-electron chi connectivity index (χ4n) is 2.68. The number of benzene rings is 1. The fourth-order valence-corrected chi connectivity index (χ4v) is 2.68. The maximum absolute atomic E-state index is 12.2. The molecule has 7 nitrogen and oxygen atoms in total. The number of oxime groups is 1. The lowest BCUT2D eigenvalue weighted by Gasteiger charge is -2.27. The third-order valence-electron chi connectivity index (χ3n) is 4.24. The molecule has 132 valence electrons. The highest BCUT2D eigenvalue weighted by molar-refractivity contribution is 5.92. The van der Waals surface area contributed by atoms with Crippen LogP contribution >= 0.6 is 0 Å². The number of aryl methyl sites for hydroxylation is 2. The molecule has 0 atom stereocenters. The van der Waals surface area contributed by atoms with E-state index in [2.05, 4.69) is 15.6 Å². The molecule has 1 N–H and O–H groups in total. The highest BCUT2D eigenvalue weighted by atomic mass is 16.6. The third kappa shape index (κ3) is 4.37. The first-order valence-electron chi connectivity index (χ1n) is 8.34. The van der Waals surface area contributed by atoms with Crippen molar-refractivity contribution in [2.24, 2.45) is 5.16 Å². The lowest BCUT2D eigenvalue weighted by Crippen LogP contribution is -2.41. The molecule has 0 radical (unpaired) electrons. The Morgan fingerprint density at radius 1 is 1.28 bits per heavy atom. The molecule has 2 heterocycles. The molecule has 0 aliphatic carbocycles. The number of rotatable bonds is 4. The Bertz CT molecular complexity index is 725. The van der Waals surface area contributed by atoms with Gasteiger partial charge in [0.1, 0.15) is 12.4 Å². The van der Waals surface area contributed by atoms with Crippen molar-refractivity contribution >= 4 is 17.4 Å². The van der Waals surface area contributed by atoms with Crippen LogP contribution in [0.15, 0.2) is 40.0 Å². The molecule has 0 saturated carbocycles. The van der Waals surface area contributed by atoms with Crippen molar-refractivity contribution in [2.75, 3.05) is 18.4 Å². The monoisotopic (exact) mass is 342 g/mol. The maximum Gasteiger partial charge on any atom is 0.321 e. The van der Waals surface area contributed by atoms with Gasteiger partial charge in [0, 0.05) is 31.6 Å². The standard InChI is InChI=1S/C18H22N4O3/c1-13-17(14(2)25-20-13)12-24-21-16-8-10-22(11-9-16)18(23)19-15-6-4-3-5-7-15/h3-7H,8-12H2,1-2H3,(H,19,23). The number of carbonyl (C=O) groups is 1. The molecule has 1 fully saturated rings. The maximum atomic E-state index is 12.2. The molecule has 1 aliphatic rings. The zero-order chi connectivity index (χ0) is 17.6. The molecule has 1 aromatic carbocycles. The molecule has 1 aliphatic heterocycles. The quantitative estimate of drug-likeness (QED) is 0.863. The number of hydrogen-bond donors (Lipinski definition) is 1. The van der Waals surface area contributed by atoms with Crippen LogP contribution < -0.4 is 5.32 Å². The van der Waals surface area contributed by atoms with Crippen LogP contribution in [-0.4, -0.2) is 34.9 Å². The van der Waals surface area contributed by atoms with E-state index in [1.807, 2.05) is 44.2 Å². The van der Waals surface area contributed by atoms with E-state index in [-0.39, 0.29) is 6.03 Å². The molecule has 3 rings (SSSR count). The van der Waals surface area contributed by atoms with Crippen LogP contribution in [0.1, 0.15) is 29.9 Å². The summed E-state index contributed by atoms with van der Waals surface area (Å²) in [6, 6.07) is 9.37. The van der Waals surface area contributed by atoms with Crippen molar-refractivity contribution in [3.8, 4) is 0 Å². The van der Waals surface area contributed by atoms with Gasteiger partial charge in [0.25, 0.3) is 0 Å². The minimum absolute atomic E-state index is 0.0816. The molecule has 0 unspecified atom stereocenters. The number of piperidine rings is 1. The van der Waals surface area contributed by atoms with Crippen LogP contribution in [0, 0.1) is 13.8 Å². The van der Waals surface area contributed by atoms with Gasteiger partial charge in [0.2, 0.25) is 0 Å². The first-order valence-corrected chi connectivity index (χ1v) is 8.34. The van der Waals surface area contributed by atoms with Crippen LogP contribution in [-0.2, 0) is 11.4 Å². The van der Waals surface area contributed by atoms with Crippen LogP contribution in [0.3, 0.4) is 0 Å². The third-order valence-corrected chi connectivity index (χ3v) is 4.24.